The number of nitrogens with zero attached hydrogens (tertiary/aromatic N) is 2. The number of benzene rings is 2. The van der Waals surface area contributed by atoms with Gasteiger partial charge in [0.05, 0.1) is 23.4 Å². The van der Waals surface area contributed by atoms with Crippen LogP contribution >= 0.6 is 11.8 Å². The predicted octanol–water partition coefficient (Wildman–Crippen LogP) is 3.06. The lowest BCUT2D eigenvalue weighted by molar-refractivity contribution is -0.118. The van der Waals surface area contributed by atoms with Gasteiger partial charge < -0.3 is 14.0 Å². The van der Waals surface area contributed by atoms with Crippen LogP contribution in [0.1, 0.15) is 11.4 Å². The number of ether oxygens (including phenoxy) is 2. The molecule has 2 amide bonds. The Morgan fingerprint density at radius 3 is 2.57 bits per heavy atom. The predicted molar refractivity (Wildman–Crippen MR) is 107 cm³/mol. The Labute approximate surface area is 166 Å². The van der Waals surface area contributed by atoms with Crippen molar-refractivity contribution in [1.29, 1.82) is 0 Å². The van der Waals surface area contributed by atoms with Gasteiger partial charge in [-0.25, -0.2) is 4.98 Å². The molecule has 4 rings (SSSR count). The molecule has 0 saturated carbocycles. The highest BCUT2D eigenvalue weighted by atomic mass is 32.2. The molecule has 2 aromatic carbocycles. The number of methoxy groups -OCH3 is 1. The van der Waals surface area contributed by atoms with E-state index < -0.39 is 0 Å². The molecule has 1 atom stereocenters. The maximum absolute atomic E-state index is 11.7. The van der Waals surface area contributed by atoms with Crippen LogP contribution in [0.15, 0.2) is 42.5 Å². The van der Waals surface area contributed by atoms with Gasteiger partial charge in [0.1, 0.15) is 23.9 Å². The number of thioether (sulfide) groups is 1. The van der Waals surface area contributed by atoms with Gasteiger partial charge in [-0.3, -0.25) is 14.9 Å². The van der Waals surface area contributed by atoms with Crippen molar-refractivity contribution in [3.8, 4) is 11.5 Å². The van der Waals surface area contributed by atoms with Crippen molar-refractivity contribution in [3.05, 3.63) is 53.9 Å². The van der Waals surface area contributed by atoms with Crippen LogP contribution in [-0.2, 0) is 24.9 Å². The molecule has 3 aromatic rings. The smallest absolute Gasteiger partial charge is 0.286 e. The molecule has 28 heavy (non-hydrogen) atoms. The van der Waals surface area contributed by atoms with Gasteiger partial charge in [0.2, 0.25) is 5.91 Å². The SMILES string of the molecule is COc1ccc2nc(COc3ccc(C[C@H]4SC(=O)NC4=O)cc3)n(C)c2c1. The average molecular weight is 397 g/mol. The Hall–Kier alpha value is -3.00. The third-order valence-corrected chi connectivity index (χ3v) is 5.64. The Balaban J connectivity index is 1.41. The summed E-state index contributed by atoms with van der Waals surface area (Å²) in [5.41, 5.74) is 2.85. The van der Waals surface area contributed by atoms with E-state index in [0.29, 0.717) is 18.8 Å². The van der Waals surface area contributed by atoms with E-state index in [-0.39, 0.29) is 16.4 Å². The fourth-order valence-electron chi connectivity index (χ4n) is 3.09. The first-order chi connectivity index (χ1) is 13.5. The van der Waals surface area contributed by atoms with Gasteiger partial charge in [0, 0.05) is 13.1 Å². The standard InChI is InChI=1S/C20H19N3O4S/c1-23-16-10-14(26-2)7-8-15(16)21-18(23)11-27-13-5-3-12(4-6-13)9-17-19(24)22-20(25)28-17/h3-8,10,17H,9,11H2,1-2H3,(H,22,24,25)/t17-/m1/s1. The normalized spacial score (nSPS) is 16.4. The second-order valence-corrected chi connectivity index (χ2v) is 7.64. The number of aryl methyl sites for hydroxylation is 1. The van der Waals surface area contributed by atoms with E-state index in [1.165, 1.54) is 0 Å². The minimum atomic E-state index is -0.365. The second kappa shape index (κ2) is 7.55. The highest BCUT2D eigenvalue weighted by Crippen LogP contribution is 2.25. The van der Waals surface area contributed by atoms with Crippen molar-refractivity contribution < 1.29 is 19.1 Å². The molecule has 144 valence electrons. The van der Waals surface area contributed by atoms with E-state index in [1.807, 2.05) is 54.1 Å². The zero-order chi connectivity index (χ0) is 19.7. The molecule has 8 heteroatoms. The highest BCUT2D eigenvalue weighted by Gasteiger charge is 2.31. The molecular weight excluding hydrogens is 378 g/mol. The first-order valence-corrected chi connectivity index (χ1v) is 9.64. The zero-order valence-electron chi connectivity index (χ0n) is 15.5. The molecule has 0 aliphatic carbocycles. The van der Waals surface area contributed by atoms with Crippen molar-refractivity contribution in [2.45, 2.75) is 18.3 Å². The monoisotopic (exact) mass is 397 g/mol. The molecule has 7 nitrogen and oxygen atoms in total. The van der Waals surface area contributed by atoms with Gasteiger partial charge in [-0.2, -0.15) is 0 Å². The number of imidazole rings is 1. The van der Waals surface area contributed by atoms with Crippen molar-refractivity contribution in [3.63, 3.8) is 0 Å². The van der Waals surface area contributed by atoms with Crippen LogP contribution in [0.3, 0.4) is 0 Å². The largest absolute Gasteiger partial charge is 0.497 e. The Morgan fingerprint density at radius 1 is 1.14 bits per heavy atom. The summed E-state index contributed by atoms with van der Waals surface area (Å²) in [5.74, 6) is 2.08. The van der Waals surface area contributed by atoms with Crippen molar-refractivity contribution in [1.82, 2.24) is 14.9 Å². The van der Waals surface area contributed by atoms with Crippen LogP contribution in [0.2, 0.25) is 0 Å². The number of rotatable bonds is 6. The van der Waals surface area contributed by atoms with Gasteiger partial charge in [0.25, 0.3) is 5.24 Å². The van der Waals surface area contributed by atoms with Crippen LogP contribution in [0.25, 0.3) is 11.0 Å². The van der Waals surface area contributed by atoms with Crippen molar-refractivity contribution in [2.75, 3.05) is 7.11 Å². The minimum absolute atomic E-state index is 0.228. The molecule has 1 N–H and O–H groups in total. The number of aromatic nitrogens is 2. The quantitative estimate of drug-likeness (QED) is 0.688. The lowest BCUT2D eigenvalue weighted by Gasteiger charge is -2.09. The molecule has 2 heterocycles. The fraction of sp³-hybridized carbons (Fsp3) is 0.250. The maximum atomic E-state index is 11.7. The van der Waals surface area contributed by atoms with Crippen LogP contribution < -0.4 is 14.8 Å². The van der Waals surface area contributed by atoms with E-state index >= 15 is 0 Å². The minimum Gasteiger partial charge on any atom is -0.497 e. The first-order valence-electron chi connectivity index (χ1n) is 8.76. The van der Waals surface area contributed by atoms with Crippen molar-refractivity contribution >= 4 is 33.9 Å². The highest BCUT2D eigenvalue weighted by molar-refractivity contribution is 8.15. The molecule has 1 aromatic heterocycles. The summed E-state index contributed by atoms with van der Waals surface area (Å²) in [6.45, 7) is 0.336. The number of carbonyl (C=O) groups is 2. The molecule has 0 radical (unpaired) electrons. The number of carbonyl (C=O) groups excluding carboxylic acids is 2. The van der Waals surface area contributed by atoms with Crippen LogP contribution in [0.4, 0.5) is 4.79 Å². The van der Waals surface area contributed by atoms with Gasteiger partial charge in [-0.1, -0.05) is 23.9 Å². The second-order valence-electron chi connectivity index (χ2n) is 6.46. The van der Waals surface area contributed by atoms with Gasteiger partial charge >= 0.3 is 0 Å². The lowest BCUT2D eigenvalue weighted by atomic mass is 10.1. The van der Waals surface area contributed by atoms with E-state index in [9.17, 15) is 9.59 Å². The molecule has 1 fully saturated rings. The van der Waals surface area contributed by atoms with Crippen LogP contribution in [-0.4, -0.2) is 33.1 Å². The maximum Gasteiger partial charge on any atom is 0.286 e. The number of imide groups is 1. The Kier molecular flexibility index (Phi) is 4.95. The lowest BCUT2D eigenvalue weighted by Crippen LogP contribution is -2.25. The van der Waals surface area contributed by atoms with E-state index in [2.05, 4.69) is 10.3 Å². The van der Waals surface area contributed by atoms with Gasteiger partial charge in [-0.15, -0.1) is 0 Å². The summed E-state index contributed by atoms with van der Waals surface area (Å²) >= 11 is 1.04. The third kappa shape index (κ3) is 3.68. The number of nitrogens with one attached hydrogen (secondary N) is 1. The molecule has 1 saturated heterocycles. The summed E-state index contributed by atoms with van der Waals surface area (Å²) in [6, 6.07) is 13.3. The molecule has 0 bridgehead atoms. The molecule has 1 aliphatic rings. The zero-order valence-corrected chi connectivity index (χ0v) is 16.3. The van der Waals surface area contributed by atoms with Crippen molar-refractivity contribution in [2.24, 2.45) is 7.05 Å². The van der Waals surface area contributed by atoms with Crippen LogP contribution in [0.5, 0.6) is 11.5 Å². The topological polar surface area (TPSA) is 82.5 Å². The first kappa shape index (κ1) is 18.4. The summed E-state index contributed by atoms with van der Waals surface area (Å²) < 4.78 is 13.1. The fourth-order valence-corrected chi connectivity index (χ4v) is 3.95. The Morgan fingerprint density at radius 2 is 1.89 bits per heavy atom. The van der Waals surface area contributed by atoms with E-state index in [0.717, 1.165) is 39.9 Å². The van der Waals surface area contributed by atoms with Gasteiger partial charge in [0.15, 0.2) is 0 Å². The summed E-state index contributed by atoms with van der Waals surface area (Å²) in [4.78, 5) is 27.5. The number of hydrogen-bond acceptors (Lipinski definition) is 6. The molecular formula is C20H19N3O4S. The average Bonchev–Trinajstić information content (AvgIpc) is 3.19. The van der Waals surface area contributed by atoms with Crippen LogP contribution in [0, 0.1) is 0 Å². The van der Waals surface area contributed by atoms with E-state index in [4.69, 9.17) is 9.47 Å². The molecule has 1 aliphatic heterocycles. The third-order valence-electron chi connectivity index (χ3n) is 4.66. The van der Waals surface area contributed by atoms with E-state index in [1.54, 1.807) is 7.11 Å². The number of fused-ring (bicyclic) bond motifs is 1. The summed E-state index contributed by atoms with van der Waals surface area (Å²) in [7, 11) is 3.59. The summed E-state index contributed by atoms with van der Waals surface area (Å²) in [5, 5.41) is 1.66. The Bertz CT molecular complexity index is 1050. The molecule has 0 unspecified atom stereocenters. The number of hydrogen-bond donors (Lipinski definition) is 1. The van der Waals surface area contributed by atoms with Gasteiger partial charge in [-0.05, 0) is 36.2 Å². The number of amides is 2. The summed E-state index contributed by atoms with van der Waals surface area (Å²) in [6.07, 6.45) is 0.509. The molecule has 0 spiro atoms.